The maximum Gasteiger partial charge on any atom is 0.272 e. The van der Waals surface area contributed by atoms with Gasteiger partial charge in [-0.25, -0.2) is 9.97 Å². The van der Waals surface area contributed by atoms with Gasteiger partial charge < -0.3 is 10.2 Å². The molecule has 1 aromatic rings. The lowest BCUT2D eigenvalue weighted by atomic mass is 10.00. The van der Waals surface area contributed by atoms with Crippen molar-refractivity contribution < 1.29 is 4.79 Å². The normalized spacial score (nSPS) is 19.6. The highest BCUT2D eigenvalue weighted by Gasteiger charge is 2.23. The van der Waals surface area contributed by atoms with Crippen molar-refractivity contribution in [3.8, 4) is 0 Å². The molecule has 0 aromatic carbocycles. The average molecular weight is 262 g/mol. The number of piperidine rings is 1. The SMILES string of the molecule is CC1CCCN(C(=O)c2cc(NC(C)C)ncn2)C1. The van der Waals surface area contributed by atoms with E-state index in [9.17, 15) is 4.79 Å². The molecule has 0 bridgehead atoms. The number of aromatic nitrogens is 2. The van der Waals surface area contributed by atoms with Gasteiger partial charge in [-0.15, -0.1) is 0 Å². The van der Waals surface area contributed by atoms with E-state index in [-0.39, 0.29) is 11.9 Å². The third-order valence-electron chi connectivity index (χ3n) is 3.27. The second-order valence-corrected chi connectivity index (χ2v) is 5.59. The smallest absolute Gasteiger partial charge is 0.272 e. The first kappa shape index (κ1) is 13.8. The predicted molar refractivity (Wildman–Crippen MR) is 75.1 cm³/mol. The minimum absolute atomic E-state index is 0.0146. The number of nitrogens with zero attached hydrogens (tertiary/aromatic N) is 3. The highest BCUT2D eigenvalue weighted by Crippen LogP contribution is 2.17. The summed E-state index contributed by atoms with van der Waals surface area (Å²) in [4.78, 5) is 22.5. The van der Waals surface area contributed by atoms with Crippen molar-refractivity contribution in [2.45, 2.75) is 39.7 Å². The zero-order valence-corrected chi connectivity index (χ0v) is 11.9. The Hall–Kier alpha value is -1.65. The van der Waals surface area contributed by atoms with Gasteiger partial charge in [-0.05, 0) is 32.6 Å². The molecule has 5 heteroatoms. The maximum absolute atomic E-state index is 12.4. The number of nitrogens with one attached hydrogen (secondary N) is 1. The number of rotatable bonds is 3. The van der Waals surface area contributed by atoms with E-state index in [2.05, 4.69) is 22.2 Å². The van der Waals surface area contributed by atoms with Crippen molar-refractivity contribution >= 4 is 11.7 Å². The van der Waals surface area contributed by atoms with Crippen LogP contribution in [-0.2, 0) is 0 Å². The van der Waals surface area contributed by atoms with Crippen LogP contribution in [0.25, 0.3) is 0 Å². The molecule has 1 amide bonds. The molecule has 2 heterocycles. The largest absolute Gasteiger partial charge is 0.368 e. The molecule has 1 N–H and O–H groups in total. The van der Waals surface area contributed by atoms with E-state index >= 15 is 0 Å². The first-order valence-corrected chi connectivity index (χ1v) is 6.94. The molecule has 2 rings (SSSR count). The quantitative estimate of drug-likeness (QED) is 0.907. The summed E-state index contributed by atoms with van der Waals surface area (Å²) in [5.74, 6) is 1.30. The maximum atomic E-state index is 12.4. The van der Waals surface area contributed by atoms with E-state index < -0.39 is 0 Å². The Kier molecular flexibility index (Phi) is 4.35. The number of likely N-dealkylation sites (tertiary alicyclic amines) is 1. The number of anilines is 1. The molecule has 1 fully saturated rings. The fourth-order valence-electron chi connectivity index (χ4n) is 2.38. The monoisotopic (exact) mass is 262 g/mol. The molecular formula is C14H22N4O. The van der Waals surface area contributed by atoms with E-state index in [4.69, 9.17) is 0 Å². The van der Waals surface area contributed by atoms with Crippen LogP contribution in [0.2, 0.25) is 0 Å². The minimum Gasteiger partial charge on any atom is -0.368 e. The number of carbonyl (C=O) groups is 1. The first-order valence-electron chi connectivity index (χ1n) is 6.94. The van der Waals surface area contributed by atoms with E-state index in [1.165, 1.54) is 12.7 Å². The second-order valence-electron chi connectivity index (χ2n) is 5.59. The number of hydrogen-bond acceptors (Lipinski definition) is 4. The Balaban J connectivity index is 2.10. The molecule has 19 heavy (non-hydrogen) atoms. The second kappa shape index (κ2) is 5.99. The molecule has 5 nitrogen and oxygen atoms in total. The van der Waals surface area contributed by atoms with Gasteiger partial charge in [-0.2, -0.15) is 0 Å². The van der Waals surface area contributed by atoms with E-state index in [1.54, 1.807) is 6.07 Å². The topological polar surface area (TPSA) is 58.1 Å². The lowest BCUT2D eigenvalue weighted by molar-refractivity contribution is 0.0677. The minimum atomic E-state index is 0.0146. The van der Waals surface area contributed by atoms with Crippen LogP contribution in [-0.4, -0.2) is 39.9 Å². The summed E-state index contributed by atoms with van der Waals surface area (Å²) < 4.78 is 0. The van der Waals surface area contributed by atoms with Crippen LogP contribution in [0.15, 0.2) is 12.4 Å². The van der Waals surface area contributed by atoms with Gasteiger partial charge in [-0.3, -0.25) is 4.79 Å². The molecule has 0 radical (unpaired) electrons. The Morgan fingerprint density at radius 2 is 2.26 bits per heavy atom. The van der Waals surface area contributed by atoms with Crippen LogP contribution < -0.4 is 5.32 Å². The van der Waals surface area contributed by atoms with Crippen molar-refractivity contribution in [2.24, 2.45) is 5.92 Å². The van der Waals surface area contributed by atoms with E-state index in [0.29, 0.717) is 17.4 Å². The molecule has 1 unspecified atom stereocenters. The fourth-order valence-corrected chi connectivity index (χ4v) is 2.38. The third kappa shape index (κ3) is 3.66. The van der Waals surface area contributed by atoms with Gasteiger partial charge in [-0.1, -0.05) is 6.92 Å². The Morgan fingerprint density at radius 1 is 1.47 bits per heavy atom. The molecule has 0 spiro atoms. The number of hydrogen-bond donors (Lipinski definition) is 1. The van der Waals surface area contributed by atoms with Crippen molar-refractivity contribution in [1.29, 1.82) is 0 Å². The highest BCUT2D eigenvalue weighted by molar-refractivity contribution is 5.93. The number of carbonyl (C=O) groups excluding carboxylic acids is 1. The standard InChI is InChI=1S/C14H22N4O/c1-10(2)17-13-7-12(15-9-16-13)14(19)18-6-4-5-11(3)8-18/h7,9-11H,4-6,8H2,1-3H3,(H,15,16,17). The van der Waals surface area contributed by atoms with Crippen LogP contribution in [0.1, 0.15) is 44.1 Å². The molecule has 1 saturated heterocycles. The van der Waals surface area contributed by atoms with Crippen molar-refractivity contribution in [3.05, 3.63) is 18.1 Å². The van der Waals surface area contributed by atoms with Gasteiger partial charge in [0.05, 0.1) is 0 Å². The van der Waals surface area contributed by atoms with Crippen molar-refractivity contribution in [1.82, 2.24) is 14.9 Å². The van der Waals surface area contributed by atoms with E-state index in [1.807, 2.05) is 18.7 Å². The summed E-state index contributed by atoms with van der Waals surface area (Å²) in [6.45, 7) is 7.92. The molecule has 1 aliphatic heterocycles. The van der Waals surface area contributed by atoms with Crippen LogP contribution in [0.4, 0.5) is 5.82 Å². The van der Waals surface area contributed by atoms with Gasteiger partial charge in [0, 0.05) is 25.2 Å². The Bertz CT molecular complexity index is 447. The van der Waals surface area contributed by atoms with Crippen LogP contribution >= 0.6 is 0 Å². The average Bonchev–Trinajstić information content (AvgIpc) is 2.37. The first-order chi connectivity index (χ1) is 9.06. The third-order valence-corrected chi connectivity index (χ3v) is 3.27. The summed E-state index contributed by atoms with van der Waals surface area (Å²) in [7, 11) is 0. The van der Waals surface area contributed by atoms with Crippen molar-refractivity contribution in [3.63, 3.8) is 0 Å². The Morgan fingerprint density at radius 3 is 2.95 bits per heavy atom. The lowest BCUT2D eigenvalue weighted by Gasteiger charge is -2.30. The fraction of sp³-hybridized carbons (Fsp3) is 0.643. The zero-order chi connectivity index (χ0) is 13.8. The summed E-state index contributed by atoms with van der Waals surface area (Å²) in [5.41, 5.74) is 0.479. The summed E-state index contributed by atoms with van der Waals surface area (Å²) in [6.07, 6.45) is 3.73. The van der Waals surface area contributed by atoms with Gasteiger partial charge in [0.25, 0.3) is 5.91 Å². The van der Waals surface area contributed by atoms with Gasteiger partial charge in [0.15, 0.2) is 0 Å². The lowest BCUT2D eigenvalue weighted by Crippen LogP contribution is -2.39. The highest BCUT2D eigenvalue weighted by atomic mass is 16.2. The number of amides is 1. The summed E-state index contributed by atoms with van der Waals surface area (Å²) in [6, 6.07) is 2.02. The summed E-state index contributed by atoms with van der Waals surface area (Å²) >= 11 is 0. The van der Waals surface area contributed by atoms with Gasteiger partial charge in [0.1, 0.15) is 17.8 Å². The van der Waals surface area contributed by atoms with E-state index in [0.717, 1.165) is 19.5 Å². The van der Waals surface area contributed by atoms with Crippen LogP contribution in [0, 0.1) is 5.92 Å². The zero-order valence-electron chi connectivity index (χ0n) is 11.9. The summed E-state index contributed by atoms with van der Waals surface area (Å²) in [5, 5.41) is 3.19. The van der Waals surface area contributed by atoms with Gasteiger partial charge >= 0.3 is 0 Å². The predicted octanol–water partition coefficient (Wildman–Crippen LogP) is 2.17. The molecule has 1 aromatic heterocycles. The molecule has 104 valence electrons. The van der Waals surface area contributed by atoms with Crippen LogP contribution in [0.5, 0.6) is 0 Å². The Labute approximate surface area is 114 Å². The van der Waals surface area contributed by atoms with Crippen molar-refractivity contribution in [2.75, 3.05) is 18.4 Å². The molecule has 0 saturated carbocycles. The molecule has 1 atom stereocenters. The molecule has 1 aliphatic rings. The molecule has 0 aliphatic carbocycles. The van der Waals surface area contributed by atoms with Crippen LogP contribution in [0.3, 0.4) is 0 Å². The molecular weight excluding hydrogens is 240 g/mol. The van der Waals surface area contributed by atoms with Gasteiger partial charge in [0.2, 0.25) is 0 Å².